The molecule has 0 unspecified atom stereocenters. The zero-order valence-electron chi connectivity index (χ0n) is 21.1. The zero-order chi connectivity index (χ0) is 27.2. The van der Waals surface area contributed by atoms with Crippen molar-refractivity contribution < 1.29 is 9.59 Å². The minimum absolute atomic E-state index is 0.0296. The van der Waals surface area contributed by atoms with E-state index in [1.54, 1.807) is 28.5 Å². The Balaban J connectivity index is 1.06. The van der Waals surface area contributed by atoms with Crippen molar-refractivity contribution >= 4 is 57.2 Å². The van der Waals surface area contributed by atoms with Crippen LogP contribution in [0.2, 0.25) is 10.0 Å². The normalized spacial score (nSPS) is 13.7. The average Bonchev–Trinajstić information content (AvgIpc) is 3.43. The Hall–Kier alpha value is -3.43. The first-order chi connectivity index (χ1) is 18.9. The maximum Gasteiger partial charge on any atom is 0.273 e. The number of anilines is 2. The average molecular weight is 581 g/mol. The summed E-state index contributed by atoms with van der Waals surface area (Å²) in [5.74, 6) is -0.150. The summed E-state index contributed by atoms with van der Waals surface area (Å²) in [7, 11) is 0. The minimum Gasteiger partial charge on any atom is -0.351 e. The van der Waals surface area contributed by atoms with Crippen LogP contribution in [0.3, 0.4) is 0 Å². The molecule has 1 saturated heterocycles. The van der Waals surface area contributed by atoms with Crippen molar-refractivity contribution in [1.29, 1.82) is 0 Å². The van der Waals surface area contributed by atoms with Gasteiger partial charge >= 0.3 is 0 Å². The molecule has 5 rings (SSSR count). The fourth-order valence-electron chi connectivity index (χ4n) is 4.31. The molecule has 0 saturated carbocycles. The lowest BCUT2D eigenvalue weighted by Crippen LogP contribution is -2.51. The third-order valence-electron chi connectivity index (χ3n) is 6.47. The van der Waals surface area contributed by atoms with Gasteiger partial charge in [0.25, 0.3) is 5.91 Å². The fraction of sp³-hybridized carbons (Fsp3) is 0.207. The van der Waals surface area contributed by atoms with Gasteiger partial charge in [-0.05, 0) is 34.9 Å². The highest BCUT2D eigenvalue weighted by molar-refractivity contribution is 7.14. The maximum atomic E-state index is 13.0. The largest absolute Gasteiger partial charge is 0.351 e. The van der Waals surface area contributed by atoms with Crippen molar-refractivity contribution in [2.75, 3.05) is 38.0 Å². The van der Waals surface area contributed by atoms with E-state index in [4.69, 9.17) is 23.2 Å². The third kappa shape index (κ3) is 7.16. The predicted molar refractivity (Wildman–Crippen MR) is 158 cm³/mol. The second-order valence-electron chi connectivity index (χ2n) is 9.20. The number of rotatable bonds is 8. The first-order valence-electron chi connectivity index (χ1n) is 12.5. The molecule has 2 heterocycles. The fourth-order valence-corrected chi connectivity index (χ4v) is 5.46. The second kappa shape index (κ2) is 12.6. The standard InChI is InChI=1S/C29H27Cl2N5O2S/c30-23-10-11-25(24(31)16-23)33-29-34-26(19-39-29)28(38)36-14-12-35(13-15-36)18-27(37)32-17-20-6-8-22(9-7-20)21-4-2-1-3-5-21/h1-11,16,19H,12-15,17-18H2,(H,32,37)(H,33,34). The topological polar surface area (TPSA) is 77.6 Å². The number of piperazine rings is 1. The van der Waals surface area contributed by atoms with Crippen LogP contribution in [0.4, 0.5) is 10.8 Å². The van der Waals surface area contributed by atoms with Crippen molar-refractivity contribution in [1.82, 2.24) is 20.1 Å². The lowest BCUT2D eigenvalue weighted by molar-refractivity contribution is -0.122. The molecule has 0 atom stereocenters. The minimum atomic E-state index is -0.121. The number of aromatic nitrogens is 1. The molecule has 0 radical (unpaired) electrons. The molecule has 2 amide bonds. The highest BCUT2D eigenvalue weighted by Crippen LogP contribution is 2.29. The van der Waals surface area contributed by atoms with Crippen LogP contribution in [0, 0.1) is 0 Å². The van der Waals surface area contributed by atoms with E-state index >= 15 is 0 Å². The number of nitrogens with one attached hydrogen (secondary N) is 2. The van der Waals surface area contributed by atoms with E-state index in [0.717, 1.165) is 11.1 Å². The number of amides is 2. The third-order valence-corrected chi connectivity index (χ3v) is 7.78. The van der Waals surface area contributed by atoms with Crippen molar-refractivity contribution in [3.8, 4) is 11.1 Å². The number of halogens is 2. The Morgan fingerprint density at radius 3 is 2.33 bits per heavy atom. The van der Waals surface area contributed by atoms with Crippen molar-refractivity contribution in [3.63, 3.8) is 0 Å². The molecule has 3 aromatic carbocycles. The number of nitrogens with zero attached hydrogens (tertiary/aromatic N) is 3. The van der Waals surface area contributed by atoms with Crippen LogP contribution < -0.4 is 10.6 Å². The number of hydrogen-bond donors (Lipinski definition) is 2. The lowest BCUT2D eigenvalue weighted by Gasteiger charge is -2.33. The summed E-state index contributed by atoms with van der Waals surface area (Å²) in [5, 5.41) is 9.47. The van der Waals surface area contributed by atoms with Crippen LogP contribution in [-0.2, 0) is 11.3 Å². The Morgan fingerprint density at radius 1 is 0.897 bits per heavy atom. The molecule has 1 aliphatic heterocycles. The molecule has 0 aliphatic carbocycles. The van der Waals surface area contributed by atoms with Crippen LogP contribution in [-0.4, -0.2) is 59.3 Å². The van der Waals surface area contributed by atoms with Gasteiger partial charge in [-0.25, -0.2) is 4.98 Å². The molecule has 1 fully saturated rings. The summed E-state index contributed by atoms with van der Waals surface area (Å²) >= 11 is 13.5. The monoisotopic (exact) mass is 579 g/mol. The van der Waals surface area contributed by atoms with E-state index in [1.807, 2.05) is 30.3 Å². The summed E-state index contributed by atoms with van der Waals surface area (Å²) in [5.41, 5.74) is 4.42. The van der Waals surface area contributed by atoms with Crippen LogP contribution >= 0.6 is 34.5 Å². The SMILES string of the molecule is O=C(CN1CCN(C(=O)c2csc(Nc3ccc(Cl)cc3Cl)n2)CC1)NCc1ccc(-c2ccccc2)cc1. The van der Waals surface area contributed by atoms with Gasteiger partial charge in [0.05, 0.1) is 17.3 Å². The molecule has 0 bridgehead atoms. The first kappa shape index (κ1) is 27.1. The molecular formula is C29H27Cl2N5O2S. The van der Waals surface area contributed by atoms with Gasteiger partial charge in [0.15, 0.2) is 5.13 Å². The lowest BCUT2D eigenvalue weighted by atomic mass is 10.0. The predicted octanol–water partition coefficient (Wildman–Crippen LogP) is 5.93. The Morgan fingerprint density at radius 2 is 1.62 bits per heavy atom. The summed E-state index contributed by atoms with van der Waals surface area (Å²) in [6.07, 6.45) is 0. The zero-order valence-corrected chi connectivity index (χ0v) is 23.4. The van der Waals surface area contributed by atoms with E-state index in [2.05, 4.69) is 44.8 Å². The first-order valence-corrected chi connectivity index (χ1v) is 14.2. The Kier molecular flexibility index (Phi) is 8.78. The van der Waals surface area contributed by atoms with Gasteiger partial charge in [-0.1, -0.05) is 77.8 Å². The van der Waals surface area contributed by atoms with Gasteiger partial charge < -0.3 is 15.5 Å². The smallest absolute Gasteiger partial charge is 0.273 e. The van der Waals surface area contributed by atoms with Gasteiger partial charge in [-0.15, -0.1) is 11.3 Å². The van der Waals surface area contributed by atoms with E-state index in [-0.39, 0.29) is 11.8 Å². The number of thiazole rings is 1. The molecule has 4 aromatic rings. The van der Waals surface area contributed by atoms with E-state index in [1.165, 1.54) is 16.9 Å². The van der Waals surface area contributed by atoms with E-state index in [9.17, 15) is 9.59 Å². The van der Waals surface area contributed by atoms with Crippen LogP contribution in [0.1, 0.15) is 16.1 Å². The summed E-state index contributed by atoms with van der Waals surface area (Å²) in [6, 6.07) is 23.6. The van der Waals surface area contributed by atoms with Gasteiger partial charge in [0.1, 0.15) is 5.69 Å². The summed E-state index contributed by atoms with van der Waals surface area (Å²) in [4.78, 5) is 33.8. The van der Waals surface area contributed by atoms with E-state index < -0.39 is 0 Å². The van der Waals surface area contributed by atoms with Gasteiger partial charge in [-0.2, -0.15) is 0 Å². The molecular weight excluding hydrogens is 553 g/mol. The van der Waals surface area contributed by atoms with Gasteiger partial charge in [0, 0.05) is 43.1 Å². The van der Waals surface area contributed by atoms with Gasteiger partial charge in [-0.3, -0.25) is 14.5 Å². The molecule has 1 aromatic heterocycles. The molecule has 10 heteroatoms. The number of benzene rings is 3. The molecule has 7 nitrogen and oxygen atoms in total. The number of carbonyl (C=O) groups is 2. The Labute approximate surface area is 241 Å². The van der Waals surface area contributed by atoms with Gasteiger partial charge in [0.2, 0.25) is 5.91 Å². The second-order valence-corrected chi connectivity index (χ2v) is 10.9. The van der Waals surface area contributed by atoms with Crippen LogP contribution in [0.5, 0.6) is 0 Å². The van der Waals surface area contributed by atoms with Crippen LogP contribution in [0.15, 0.2) is 78.2 Å². The number of hydrogen-bond acceptors (Lipinski definition) is 6. The van der Waals surface area contributed by atoms with Crippen molar-refractivity contribution in [2.24, 2.45) is 0 Å². The Bertz CT molecular complexity index is 1440. The van der Waals surface area contributed by atoms with Crippen molar-refractivity contribution in [3.05, 3.63) is 99.5 Å². The van der Waals surface area contributed by atoms with E-state index in [0.29, 0.717) is 65.8 Å². The molecule has 2 N–H and O–H groups in total. The van der Waals surface area contributed by atoms with Crippen LogP contribution in [0.25, 0.3) is 11.1 Å². The summed E-state index contributed by atoms with van der Waals surface area (Å²) < 4.78 is 0. The molecule has 39 heavy (non-hydrogen) atoms. The highest BCUT2D eigenvalue weighted by atomic mass is 35.5. The molecule has 200 valence electrons. The molecule has 0 spiro atoms. The highest BCUT2D eigenvalue weighted by Gasteiger charge is 2.25. The maximum absolute atomic E-state index is 13.0. The quantitative estimate of drug-likeness (QED) is 0.270. The number of carbonyl (C=O) groups excluding carboxylic acids is 2. The van der Waals surface area contributed by atoms with Crippen molar-refractivity contribution in [2.45, 2.75) is 6.54 Å². The molecule has 1 aliphatic rings. The summed E-state index contributed by atoms with van der Waals surface area (Å²) in [6.45, 7) is 3.11.